The second-order valence-corrected chi connectivity index (χ2v) is 31.8. The summed E-state index contributed by atoms with van der Waals surface area (Å²) in [7, 11) is 0. The van der Waals surface area contributed by atoms with Crippen molar-refractivity contribution in [2.75, 3.05) is 9.80 Å². The van der Waals surface area contributed by atoms with Gasteiger partial charge in [-0.15, -0.1) is 0 Å². The van der Waals surface area contributed by atoms with Crippen LogP contribution in [0.2, 0.25) is 0 Å². The maximum absolute atomic E-state index is 2.62. The summed E-state index contributed by atoms with van der Waals surface area (Å²) in [5.74, 6) is 0. The van der Waals surface area contributed by atoms with Gasteiger partial charge in [0.15, 0.2) is 0 Å². The molecule has 470 valence electrons. The fourth-order valence-corrected chi connectivity index (χ4v) is 17.0. The second-order valence-electron chi connectivity index (χ2n) is 31.8. The van der Waals surface area contributed by atoms with Gasteiger partial charge in [-0.1, -0.05) is 264 Å². The fourth-order valence-electron chi connectivity index (χ4n) is 17.0. The lowest BCUT2D eigenvalue weighted by molar-refractivity contribution is 0.332. The van der Waals surface area contributed by atoms with E-state index in [1.807, 2.05) is 0 Å². The molecule has 17 rings (SSSR count). The molecule has 0 N–H and O–H groups in total. The molecule has 0 bridgehead atoms. The van der Waals surface area contributed by atoms with Gasteiger partial charge >= 0.3 is 0 Å². The summed E-state index contributed by atoms with van der Waals surface area (Å²) < 4.78 is 2.51. The molecule has 3 nitrogen and oxygen atoms in total. The van der Waals surface area contributed by atoms with Crippen molar-refractivity contribution in [2.24, 2.45) is 0 Å². The molecular formula is C92H84BN3. The number of benzene rings is 12. The van der Waals surface area contributed by atoms with Crippen molar-refractivity contribution in [3.05, 3.63) is 289 Å². The Morgan fingerprint density at radius 2 is 0.708 bits per heavy atom. The van der Waals surface area contributed by atoms with E-state index in [-0.39, 0.29) is 33.8 Å². The minimum absolute atomic E-state index is 0.0351. The lowest BCUT2D eigenvalue weighted by Crippen LogP contribution is -2.61. The normalized spacial score (nSPS) is 16.2. The van der Waals surface area contributed by atoms with E-state index in [2.05, 4.69) is 351 Å². The van der Waals surface area contributed by atoms with Crippen molar-refractivity contribution in [3.8, 4) is 61.3 Å². The van der Waals surface area contributed by atoms with Crippen LogP contribution in [0.25, 0.3) is 83.1 Å². The molecule has 0 amide bonds. The van der Waals surface area contributed by atoms with Crippen molar-refractivity contribution in [1.29, 1.82) is 0 Å². The minimum Gasteiger partial charge on any atom is -0.311 e. The Labute approximate surface area is 568 Å². The zero-order chi connectivity index (χ0) is 65.8. The number of anilines is 6. The maximum Gasteiger partial charge on any atom is 0.252 e. The largest absolute Gasteiger partial charge is 0.311 e. The Kier molecular flexibility index (Phi) is 13.6. The average Bonchev–Trinajstić information content (AvgIpc) is 0.764. The summed E-state index contributed by atoms with van der Waals surface area (Å²) in [4.78, 5) is 5.21. The van der Waals surface area contributed by atoms with Gasteiger partial charge in [0.05, 0.1) is 11.0 Å². The first-order valence-electron chi connectivity index (χ1n) is 35.0. The van der Waals surface area contributed by atoms with E-state index in [0.717, 1.165) is 17.1 Å². The Balaban J connectivity index is 0.905. The number of hydrogen-bond acceptors (Lipinski definition) is 2. The molecule has 4 aliphatic rings. The molecule has 0 fully saturated rings. The molecule has 0 radical (unpaired) electrons. The third-order valence-electron chi connectivity index (χ3n) is 22.9. The molecule has 0 unspecified atom stereocenters. The standard InChI is InChI=1S/C92H84BN3/c1-88(2,3)69-36-26-61(27-37-69)67-35-47-83-80(55-67)93-79-45-42-72(96-81-25-19-18-24-73(81)74-52-64(34-46-82(74)96)59-20-14-12-15-21-59)58-84(79)95(71-40-30-63(31-41-71)66-33-44-76-78(54-66)92(10,11)51-49-90(76,6)7)86-57-68(60-22-16-13-17-23-60)56-85(87(86)93)94(83)70-38-28-62(29-39-70)65-32-43-75-77(53-65)91(8,9)50-48-89(75,4)5/h12-47,52-58H,48-51H2,1-11H3. The molecule has 0 atom stereocenters. The van der Waals surface area contributed by atoms with Crippen molar-refractivity contribution in [3.63, 3.8) is 0 Å². The lowest BCUT2D eigenvalue weighted by atomic mass is 9.33. The van der Waals surface area contributed by atoms with Crippen molar-refractivity contribution >= 4 is 79.0 Å². The van der Waals surface area contributed by atoms with Crippen LogP contribution in [0.4, 0.5) is 34.1 Å². The van der Waals surface area contributed by atoms with Crippen LogP contribution in [0.1, 0.15) is 130 Å². The van der Waals surface area contributed by atoms with Gasteiger partial charge in [-0.25, -0.2) is 0 Å². The smallest absolute Gasteiger partial charge is 0.252 e. The van der Waals surface area contributed by atoms with E-state index in [0.29, 0.717) is 0 Å². The third-order valence-corrected chi connectivity index (χ3v) is 22.9. The average molecular weight is 1240 g/mol. The summed E-state index contributed by atoms with van der Waals surface area (Å²) in [5.41, 5.74) is 34.2. The van der Waals surface area contributed by atoms with Crippen molar-refractivity contribution < 1.29 is 0 Å². The third kappa shape index (κ3) is 9.75. The highest BCUT2D eigenvalue weighted by atomic mass is 15.2. The maximum atomic E-state index is 2.62. The number of aromatic nitrogens is 1. The van der Waals surface area contributed by atoms with Gasteiger partial charge in [0.1, 0.15) is 0 Å². The van der Waals surface area contributed by atoms with Crippen LogP contribution in [0.3, 0.4) is 0 Å². The van der Waals surface area contributed by atoms with Crippen molar-refractivity contribution in [1.82, 2.24) is 4.57 Å². The SMILES string of the molecule is CC(C)(C)c1ccc(-c2ccc3c(c2)B2c4ccc(-n5c6ccccc6c6cc(-c7ccccc7)ccc65)cc4N(c4ccc(-c5ccc6c(c5)C(C)(C)CCC6(C)C)cc4)c4cc(-c5ccccc5)cc(c42)N3c2ccc(-c3ccc4c(c3)C(C)(C)CCC4(C)C)cc2)cc1. The van der Waals surface area contributed by atoms with E-state index in [4.69, 9.17) is 0 Å². The van der Waals surface area contributed by atoms with E-state index < -0.39 is 0 Å². The highest BCUT2D eigenvalue weighted by Gasteiger charge is 2.45. The molecule has 3 heterocycles. The monoisotopic (exact) mass is 1240 g/mol. The molecule has 2 aliphatic carbocycles. The van der Waals surface area contributed by atoms with Crippen molar-refractivity contribution in [2.45, 2.75) is 129 Å². The molecule has 0 saturated heterocycles. The predicted molar refractivity (Wildman–Crippen MR) is 411 cm³/mol. The molecular weight excluding hydrogens is 1160 g/mol. The van der Waals surface area contributed by atoms with Gasteiger partial charge < -0.3 is 14.4 Å². The summed E-state index contributed by atoms with van der Waals surface area (Å²) in [6, 6.07) is 101. The van der Waals surface area contributed by atoms with Crippen LogP contribution in [0.15, 0.2) is 261 Å². The van der Waals surface area contributed by atoms with Gasteiger partial charge in [0.2, 0.25) is 0 Å². The number of rotatable bonds is 8. The number of hydrogen-bond donors (Lipinski definition) is 0. The van der Waals surface area contributed by atoms with Gasteiger partial charge in [0, 0.05) is 50.6 Å². The summed E-state index contributed by atoms with van der Waals surface area (Å²) in [6.07, 6.45) is 4.74. The first-order valence-corrected chi connectivity index (χ1v) is 35.0. The number of fused-ring (bicyclic) bond motifs is 9. The zero-order valence-corrected chi connectivity index (χ0v) is 57.6. The summed E-state index contributed by atoms with van der Waals surface area (Å²) >= 11 is 0. The van der Waals surface area contributed by atoms with Crippen LogP contribution in [-0.2, 0) is 27.1 Å². The van der Waals surface area contributed by atoms with E-state index >= 15 is 0 Å². The Morgan fingerprint density at radius 3 is 1.26 bits per heavy atom. The summed E-state index contributed by atoms with van der Waals surface area (Å²) in [5, 5.41) is 2.47. The highest BCUT2D eigenvalue weighted by Crippen LogP contribution is 2.52. The zero-order valence-electron chi connectivity index (χ0n) is 57.6. The first kappa shape index (κ1) is 59.8. The van der Waals surface area contributed by atoms with E-state index in [9.17, 15) is 0 Å². The van der Waals surface area contributed by atoms with Gasteiger partial charge in [0.25, 0.3) is 6.71 Å². The Bertz CT molecular complexity index is 5250. The van der Waals surface area contributed by atoms with Gasteiger partial charge in [-0.2, -0.15) is 0 Å². The van der Waals surface area contributed by atoms with E-state index in [1.165, 1.54) is 170 Å². The topological polar surface area (TPSA) is 11.4 Å². The minimum atomic E-state index is -0.128. The fraction of sp³-hybridized carbons (Fsp3) is 0.217. The van der Waals surface area contributed by atoms with Crippen LogP contribution in [0, 0.1) is 0 Å². The second kappa shape index (κ2) is 21.8. The highest BCUT2D eigenvalue weighted by molar-refractivity contribution is 7.00. The van der Waals surface area contributed by atoms with Crippen LogP contribution >= 0.6 is 0 Å². The Hall–Kier alpha value is -9.90. The van der Waals surface area contributed by atoms with Gasteiger partial charge in [-0.05, 0) is 225 Å². The Morgan fingerprint density at radius 1 is 0.292 bits per heavy atom. The molecule has 0 spiro atoms. The van der Waals surface area contributed by atoms with Crippen LogP contribution < -0.4 is 26.2 Å². The van der Waals surface area contributed by atoms with E-state index in [1.54, 1.807) is 0 Å². The number of para-hydroxylation sites is 1. The molecule has 4 heteroatoms. The number of nitrogens with zero attached hydrogens (tertiary/aromatic N) is 3. The molecule has 0 saturated carbocycles. The lowest BCUT2D eigenvalue weighted by Gasteiger charge is -2.44. The molecule has 1 aromatic heterocycles. The molecule has 96 heavy (non-hydrogen) atoms. The molecule has 2 aliphatic heterocycles. The quantitative estimate of drug-likeness (QED) is 0.141. The predicted octanol–water partition coefficient (Wildman–Crippen LogP) is 23.2. The van der Waals surface area contributed by atoms with Crippen LogP contribution in [-0.4, -0.2) is 11.3 Å². The molecule has 12 aromatic carbocycles. The van der Waals surface area contributed by atoms with Crippen LogP contribution in [0.5, 0.6) is 0 Å². The first-order chi connectivity index (χ1) is 46.2. The van der Waals surface area contributed by atoms with Gasteiger partial charge in [-0.3, -0.25) is 0 Å². The molecule has 13 aromatic rings. The summed E-state index contributed by atoms with van der Waals surface area (Å²) in [6.45, 7) is 26.2.